The maximum atomic E-state index is 11.3. The summed E-state index contributed by atoms with van der Waals surface area (Å²) in [6.07, 6.45) is 5.06. The quantitative estimate of drug-likeness (QED) is 0.919. The predicted octanol–water partition coefficient (Wildman–Crippen LogP) is 2.89. The average molecular weight is 271 g/mol. The molecule has 4 nitrogen and oxygen atoms in total. The largest absolute Gasteiger partial charge is 0.326 e. The Hall–Kier alpha value is -1.86. The predicted molar refractivity (Wildman–Crippen MR) is 79.2 cm³/mol. The van der Waals surface area contributed by atoms with Gasteiger partial charge in [0.05, 0.1) is 11.6 Å². The molecule has 1 N–H and O–H groups in total. The van der Waals surface area contributed by atoms with Crippen molar-refractivity contribution in [1.29, 1.82) is 5.26 Å². The van der Waals surface area contributed by atoms with Crippen LogP contribution in [0.2, 0.25) is 0 Å². The van der Waals surface area contributed by atoms with Gasteiger partial charge >= 0.3 is 0 Å². The zero-order valence-electron chi connectivity index (χ0n) is 12.0. The Labute approximate surface area is 120 Å². The average Bonchev–Trinajstić information content (AvgIpc) is 2.69. The maximum Gasteiger partial charge on any atom is 0.221 e. The first-order valence-electron chi connectivity index (χ1n) is 7.22. The summed E-state index contributed by atoms with van der Waals surface area (Å²) in [6.45, 7) is 4.49. The van der Waals surface area contributed by atoms with Crippen LogP contribution in [0, 0.1) is 11.3 Å². The molecule has 1 fully saturated rings. The molecule has 0 atom stereocenters. The highest BCUT2D eigenvalue weighted by atomic mass is 16.1. The first-order valence-corrected chi connectivity index (χ1v) is 7.22. The molecular formula is C16H21N3O. The first-order chi connectivity index (χ1) is 9.69. The molecule has 1 aliphatic rings. The number of nitrogens with one attached hydrogen (secondary N) is 1. The number of hydrogen-bond acceptors (Lipinski definition) is 3. The summed E-state index contributed by atoms with van der Waals surface area (Å²) in [5.74, 6) is -0.0770. The number of hydrogen-bond donors (Lipinski definition) is 1. The van der Waals surface area contributed by atoms with Crippen LogP contribution in [0.3, 0.4) is 0 Å². The van der Waals surface area contributed by atoms with Crippen molar-refractivity contribution in [2.24, 2.45) is 0 Å². The summed E-state index contributed by atoms with van der Waals surface area (Å²) >= 11 is 0. The molecule has 0 aliphatic carbocycles. The molecule has 0 aromatic heterocycles. The minimum Gasteiger partial charge on any atom is -0.326 e. The Balaban J connectivity index is 2.18. The summed E-state index contributed by atoms with van der Waals surface area (Å²) in [7, 11) is 0. The molecule has 1 aromatic carbocycles. The topological polar surface area (TPSA) is 56.1 Å². The number of benzene rings is 1. The van der Waals surface area contributed by atoms with Crippen molar-refractivity contribution < 1.29 is 4.79 Å². The lowest BCUT2D eigenvalue weighted by Crippen LogP contribution is -2.25. The molecule has 0 radical (unpaired) electrons. The first kappa shape index (κ1) is 14.5. The van der Waals surface area contributed by atoms with Gasteiger partial charge in [0.15, 0.2) is 0 Å². The van der Waals surface area contributed by atoms with Crippen molar-refractivity contribution in [2.75, 3.05) is 18.4 Å². The van der Waals surface area contributed by atoms with E-state index in [2.05, 4.69) is 16.3 Å². The van der Waals surface area contributed by atoms with Gasteiger partial charge in [0.25, 0.3) is 0 Å². The van der Waals surface area contributed by atoms with Gasteiger partial charge in [-0.2, -0.15) is 5.26 Å². The van der Waals surface area contributed by atoms with Crippen molar-refractivity contribution in [3.63, 3.8) is 0 Å². The number of anilines is 1. The van der Waals surface area contributed by atoms with Gasteiger partial charge in [0.2, 0.25) is 5.91 Å². The Morgan fingerprint density at radius 3 is 2.60 bits per heavy atom. The highest BCUT2D eigenvalue weighted by Crippen LogP contribution is 2.21. The minimum atomic E-state index is -0.0770. The Morgan fingerprint density at radius 2 is 2.00 bits per heavy atom. The lowest BCUT2D eigenvalue weighted by Gasteiger charge is -2.21. The van der Waals surface area contributed by atoms with Crippen LogP contribution in [0.15, 0.2) is 18.2 Å². The van der Waals surface area contributed by atoms with E-state index < -0.39 is 0 Å². The van der Waals surface area contributed by atoms with E-state index in [0.29, 0.717) is 5.56 Å². The lowest BCUT2D eigenvalue weighted by molar-refractivity contribution is -0.114. The zero-order valence-corrected chi connectivity index (χ0v) is 12.0. The Morgan fingerprint density at radius 1 is 1.30 bits per heavy atom. The molecule has 4 heteroatoms. The summed E-state index contributed by atoms with van der Waals surface area (Å²) in [5.41, 5.74) is 2.49. The van der Waals surface area contributed by atoms with Crippen molar-refractivity contribution in [1.82, 2.24) is 4.90 Å². The minimum absolute atomic E-state index is 0.0770. The van der Waals surface area contributed by atoms with Crippen molar-refractivity contribution in [3.8, 4) is 6.07 Å². The molecule has 20 heavy (non-hydrogen) atoms. The highest BCUT2D eigenvalue weighted by molar-refractivity contribution is 5.89. The second-order valence-electron chi connectivity index (χ2n) is 5.36. The number of carbonyl (C=O) groups excluding carboxylic acids is 1. The van der Waals surface area contributed by atoms with E-state index in [1.165, 1.54) is 32.6 Å². The summed E-state index contributed by atoms with van der Waals surface area (Å²) in [4.78, 5) is 13.7. The van der Waals surface area contributed by atoms with Gasteiger partial charge in [0, 0.05) is 19.2 Å². The number of nitrogens with zero attached hydrogens (tertiary/aromatic N) is 2. The summed E-state index contributed by atoms with van der Waals surface area (Å²) < 4.78 is 0. The lowest BCUT2D eigenvalue weighted by atomic mass is 10.1. The van der Waals surface area contributed by atoms with Gasteiger partial charge in [0.1, 0.15) is 0 Å². The molecule has 1 saturated heterocycles. The zero-order chi connectivity index (χ0) is 14.4. The third kappa shape index (κ3) is 4.07. The normalized spacial score (nSPS) is 16.2. The third-order valence-electron chi connectivity index (χ3n) is 3.64. The van der Waals surface area contributed by atoms with E-state index in [1.54, 1.807) is 6.07 Å². The van der Waals surface area contributed by atoms with Crippen LogP contribution in [0.4, 0.5) is 5.69 Å². The molecular weight excluding hydrogens is 250 g/mol. The molecule has 1 heterocycles. The van der Waals surface area contributed by atoms with Gasteiger partial charge in [-0.05, 0) is 49.7 Å². The molecule has 0 spiro atoms. The van der Waals surface area contributed by atoms with Crippen LogP contribution in [-0.4, -0.2) is 23.9 Å². The van der Waals surface area contributed by atoms with E-state index in [-0.39, 0.29) is 5.91 Å². The number of carbonyl (C=O) groups is 1. The van der Waals surface area contributed by atoms with Gasteiger partial charge in [-0.1, -0.05) is 12.8 Å². The molecule has 0 unspecified atom stereocenters. The molecule has 1 aliphatic heterocycles. The molecule has 1 aromatic rings. The van der Waals surface area contributed by atoms with Crippen LogP contribution in [0.1, 0.15) is 43.7 Å². The summed E-state index contributed by atoms with van der Waals surface area (Å²) in [5, 5.41) is 11.9. The SMILES string of the molecule is CC(=O)Nc1ccc(C#N)cc1CN1CCCCCC1. The van der Waals surface area contributed by atoms with E-state index in [0.717, 1.165) is 30.9 Å². The molecule has 0 saturated carbocycles. The second-order valence-corrected chi connectivity index (χ2v) is 5.36. The van der Waals surface area contributed by atoms with Crippen LogP contribution < -0.4 is 5.32 Å². The molecule has 106 valence electrons. The molecule has 0 bridgehead atoms. The molecule has 1 amide bonds. The summed E-state index contributed by atoms with van der Waals surface area (Å²) in [6, 6.07) is 7.63. The Kier molecular flexibility index (Phi) is 5.14. The van der Waals surface area contributed by atoms with E-state index in [4.69, 9.17) is 5.26 Å². The number of nitriles is 1. The van der Waals surface area contributed by atoms with Gasteiger partial charge in [-0.3, -0.25) is 9.69 Å². The van der Waals surface area contributed by atoms with E-state index in [9.17, 15) is 4.79 Å². The maximum absolute atomic E-state index is 11.3. The highest BCUT2D eigenvalue weighted by Gasteiger charge is 2.13. The van der Waals surface area contributed by atoms with Gasteiger partial charge in [-0.15, -0.1) is 0 Å². The number of likely N-dealkylation sites (tertiary alicyclic amines) is 1. The van der Waals surface area contributed by atoms with E-state index >= 15 is 0 Å². The van der Waals surface area contributed by atoms with Crippen LogP contribution in [-0.2, 0) is 11.3 Å². The second kappa shape index (κ2) is 7.06. The van der Waals surface area contributed by atoms with Crippen LogP contribution >= 0.6 is 0 Å². The third-order valence-corrected chi connectivity index (χ3v) is 3.64. The fourth-order valence-electron chi connectivity index (χ4n) is 2.64. The van der Waals surface area contributed by atoms with Gasteiger partial charge in [-0.25, -0.2) is 0 Å². The van der Waals surface area contributed by atoms with Gasteiger partial charge < -0.3 is 5.32 Å². The molecule has 2 rings (SSSR count). The number of amides is 1. The fourth-order valence-corrected chi connectivity index (χ4v) is 2.64. The van der Waals surface area contributed by atoms with Crippen LogP contribution in [0.25, 0.3) is 0 Å². The van der Waals surface area contributed by atoms with Crippen molar-refractivity contribution in [2.45, 2.75) is 39.2 Å². The standard InChI is InChI=1S/C16H21N3O/c1-13(20)18-16-7-6-14(11-17)10-15(16)12-19-8-4-2-3-5-9-19/h6-7,10H,2-5,8-9,12H2,1H3,(H,18,20). The van der Waals surface area contributed by atoms with Crippen molar-refractivity contribution in [3.05, 3.63) is 29.3 Å². The van der Waals surface area contributed by atoms with Crippen LogP contribution in [0.5, 0.6) is 0 Å². The van der Waals surface area contributed by atoms with Crippen molar-refractivity contribution >= 4 is 11.6 Å². The number of rotatable bonds is 3. The Bertz CT molecular complexity index is 511. The van der Waals surface area contributed by atoms with E-state index in [1.807, 2.05) is 12.1 Å². The smallest absolute Gasteiger partial charge is 0.221 e. The monoisotopic (exact) mass is 271 g/mol. The fraction of sp³-hybridized carbons (Fsp3) is 0.500.